The average molecular weight is 315 g/mol. The number of rotatable bonds is 3. The fourth-order valence-electron chi connectivity index (χ4n) is 5.38. The first-order valence-electron chi connectivity index (χ1n) is 8.80. The van der Waals surface area contributed by atoms with Gasteiger partial charge in [0.1, 0.15) is 6.04 Å². The Morgan fingerprint density at radius 3 is 3.17 bits per heavy atom. The topological polar surface area (TPSA) is 76.4 Å². The minimum absolute atomic E-state index is 0.00144. The average Bonchev–Trinajstić information content (AvgIpc) is 3.03. The minimum atomic E-state index is -0.586. The maximum Gasteiger partial charge on any atom is 0.237 e. The van der Waals surface area contributed by atoms with E-state index in [1.54, 1.807) is 4.90 Å². The molecule has 2 bridgehead atoms. The molecule has 0 aromatic rings. The van der Waals surface area contributed by atoms with E-state index in [1.807, 2.05) is 0 Å². The second kappa shape index (κ2) is 5.06. The van der Waals surface area contributed by atoms with E-state index < -0.39 is 5.60 Å². The molecule has 124 valence electrons. The van der Waals surface area contributed by atoms with Gasteiger partial charge in [0.2, 0.25) is 5.91 Å². The number of nitrogens with zero attached hydrogens (tertiary/aromatic N) is 2. The molecule has 2 N–H and O–H groups in total. The first kappa shape index (κ1) is 15.2. The zero-order valence-corrected chi connectivity index (χ0v) is 13.7. The first-order chi connectivity index (χ1) is 10.9. The highest BCUT2D eigenvalue weighted by atomic mass is 16.3. The third kappa shape index (κ3) is 2.49. The lowest BCUT2D eigenvalue weighted by molar-refractivity contribution is -0.130. The van der Waals surface area contributed by atoms with Crippen molar-refractivity contribution in [3.05, 3.63) is 11.6 Å². The molecule has 1 aliphatic heterocycles. The summed E-state index contributed by atoms with van der Waals surface area (Å²) < 4.78 is 0. The Balaban J connectivity index is 1.44. The molecule has 0 radical (unpaired) electrons. The van der Waals surface area contributed by atoms with Crippen LogP contribution in [0.3, 0.4) is 0 Å². The van der Waals surface area contributed by atoms with E-state index in [9.17, 15) is 9.90 Å². The first-order valence-corrected chi connectivity index (χ1v) is 8.80. The quantitative estimate of drug-likeness (QED) is 0.771. The number of hydrogen-bond donors (Lipinski definition) is 2. The number of carbonyl (C=O) groups is 1. The Morgan fingerprint density at radius 1 is 1.57 bits per heavy atom. The maximum atomic E-state index is 12.4. The number of amides is 1. The van der Waals surface area contributed by atoms with Crippen molar-refractivity contribution in [2.45, 2.75) is 62.6 Å². The van der Waals surface area contributed by atoms with Crippen LogP contribution in [0.5, 0.6) is 0 Å². The molecular weight excluding hydrogens is 290 g/mol. The van der Waals surface area contributed by atoms with Crippen LogP contribution in [0, 0.1) is 23.2 Å². The van der Waals surface area contributed by atoms with Crippen LogP contribution in [0.2, 0.25) is 0 Å². The summed E-state index contributed by atoms with van der Waals surface area (Å²) in [7, 11) is 0. The number of hydrogen-bond acceptors (Lipinski definition) is 4. The number of carbonyl (C=O) groups excluding carboxylic acids is 1. The zero-order chi connectivity index (χ0) is 16.2. The van der Waals surface area contributed by atoms with Gasteiger partial charge in [0, 0.05) is 12.1 Å². The number of aliphatic hydroxyl groups is 1. The molecule has 1 amide bonds. The fourth-order valence-corrected chi connectivity index (χ4v) is 5.38. The van der Waals surface area contributed by atoms with Crippen molar-refractivity contribution < 1.29 is 9.90 Å². The molecular formula is C18H25N3O2. The van der Waals surface area contributed by atoms with Gasteiger partial charge in [-0.25, -0.2) is 0 Å². The molecule has 3 fully saturated rings. The van der Waals surface area contributed by atoms with Crippen molar-refractivity contribution in [2.24, 2.45) is 11.8 Å². The van der Waals surface area contributed by atoms with E-state index in [2.05, 4.69) is 24.4 Å². The van der Waals surface area contributed by atoms with Gasteiger partial charge in [-0.2, -0.15) is 5.26 Å². The van der Waals surface area contributed by atoms with Gasteiger partial charge >= 0.3 is 0 Å². The molecule has 5 atom stereocenters. The Morgan fingerprint density at radius 2 is 2.39 bits per heavy atom. The molecule has 2 saturated carbocycles. The lowest BCUT2D eigenvalue weighted by atomic mass is 9.69. The molecule has 3 aliphatic carbocycles. The highest BCUT2D eigenvalue weighted by Gasteiger charge is 2.55. The molecule has 1 saturated heterocycles. The standard InChI is InChI=1S/C18H25N3O2/c1-17(20-10-16(22)21-4-2-3-14(21)9-19)6-12-5-13-7-18(23,11-17)8-15(12)13/h6,13-15,20,23H,2-5,7-8,10-11H2,1H3. The van der Waals surface area contributed by atoms with Gasteiger partial charge in [-0.1, -0.05) is 11.6 Å². The smallest absolute Gasteiger partial charge is 0.237 e. The van der Waals surface area contributed by atoms with Crippen LogP contribution in [0.1, 0.15) is 45.4 Å². The van der Waals surface area contributed by atoms with E-state index >= 15 is 0 Å². The highest BCUT2D eigenvalue weighted by Crippen LogP contribution is 2.59. The van der Waals surface area contributed by atoms with Gasteiger partial charge in [-0.3, -0.25) is 10.1 Å². The van der Waals surface area contributed by atoms with Crippen LogP contribution >= 0.6 is 0 Å². The normalized spacial score (nSPS) is 44.3. The highest BCUT2D eigenvalue weighted by molar-refractivity contribution is 5.79. The van der Waals surface area contributed by atoms with Gasteiger partial charge in [-0.05, 0) is 57.3 Å². The predicted octanol–water partition coefficient (Wildman–Crippen LogP) is 1.34. The summed E-state index contributed by atoms with van der Waals surface area (Å²) in [6.07, 6.45) is 7.54. The minimum Gasteiger partial charge on any atom is -0.390 e. The molecule has 5 heteroatoms. The Bertz CT molecular complexity index is 610. The van der Waals surface area contributed by atoms with Crippen LogP contribution in [0.25, 0.3) is 0 Å². The van der Waals surface area contributed by atoms with Gasteiger partial charge < -0.3 is 10.0 Å². The van der Waals surface area contributed by atoms with E-state index in [0.29, 0.717) is 24.8 Å². The van der Waals surface area contributed by atoms with E-state index in [4.69, 9.17) is 5.26 Å². The monoisotopic (exact) mass is 315 g/mol. The maximum absolute atomic E-state index is 12.4. The molecule has 4 rings (SSSR count). The zero-order valence-electron chi connectivity index (χ0n) is 13.7. The summed E-state index contributed by atoms with van der Waals surface area (Å²) in [4.78, 5) is 14.1. The number of nitrogens with one attached hydrogen (secondary N) is 1. The number of allylic oxidation sites excluding steroid dienone is 1. The number of likely N-dealkylation sites (tertiary alicyclic amines) is 1. The van der Waals surface area contributed by atoms with Gasteiger partial charge in [0.25, 0.3) is 0 Å². The Labute approximate surface area is 137 Å². The molecule has 5 unspecified atom stereocenters. The Kier molecular flexibility index (Phi) is 3.33. The van der Waals surface area contributed by atoms with Crippen LogP contribution in [-0.4, -0.2) is 46.2 Å². The molecule has 4 aliphatic rings. The summed E-state index contributed by atoms with van der Waals surface area (Å²) in [6, 6.07) is 1.95. The van der Waals surface area contributed by atoms with Crippen molar-refractivity contribution in [1.29, 1.82) is 5.26 Å². The third-order valence-electron chi connectivity index (χ3n) is 6.35. The van der Waals surface area contributed by atoms with Crippen LogP contribution in [0.15, 0.2) is 11.6 Å². The summed E-state index contributed by atoms with van der Waals surface area (Å²) in [5.74, 6) is 1.25. The third-order valence-corrected chi connectivity index (χ3v) is 6.35. The Hall–Kier alpha value is -1.38. The van der Waals surface area contributed by atoms with Crippen molar-refractivity contribution in [3.8, 4) is 6.07 Å². The van der Waals surface area contributed by atoms with Crippen LogP contribution in [-0.2, 0) is 4.79 Å². The fraction of sp³-hybridized carbons (Fsp3) is 0.778. The van der Waals surface area contributed by atoms with Crippen LogP contribution < -0.4 is 5.32 Å². The lowest BCUT2D eigenvalue weighted by Crippen LogP contribution is -2.51. The van der Waals surface area contributed by atoms with E-state index in [0.717, 1.165) is 32.1 Å². The van der Waals surface area contributed by atoms with Gasteiger partial charge in [-0.15, -0.1) is 0 Å². The van der Waals surface area contributed by atoms with Gasteiger partial charge in [0.15, 0.2) is 0 Å². The number of nitriles is 1. The summed E-state index contributed by atoms with van der Waals surface area (Å²) in [5.41, 5.74) is 0.543. The van der Waals surface area contributed by atoms with E-state index in [1.165, 1.54) is 5.57 Å². The molecule has 0 spiro atoms. The summed E-state index contributed by atoms with van der Waals surface area (Å²) in [5, 5.41) is 23.4. The van der Waals surface area contributed by atoms with Crippen LogP contribution in [0.4, 0.5) is 0 Å². The van der Waals surface area contributed by atoms with E-state index in [-0.39, 0.29) is 24.0 Å². The SMILES string of the molecule is CC1(NCC(=O)N2CCCC2C#N)C=C2CC3CC(O)(CC23)C1. The largest absolute Gasteiger partial charge is 0.390 e. The predicted molar refractivity (Wildman–Crippen MR) is 85.2 cm³/mol. The molecule has 0 aromatic heterocycles. The summed E-state index contributed by atoms with van der Waals surface area (Å²) in [6.45, 7) is 3.01. The summed E-state index contributed by atoms with van der Waals surface area (Å²) >= 11 is 0. The second-order valence-electron chi connectivity index (χ2n) is 8.24. The van der Waals surface area contributed by atoms with Crippen molar-refractivity contribution in [1.82, 2.24) is 10.2 Å². The lowest BCUT2D eigenvalue weighted by Gasteiger charge is -2.40. The molecule has 0 aromatic carbocycles. The van der Waals surface area contributed by atoms with Crippen molar-refractivity contribution in [3.63, 3.8) is 0 Å². The molecule has 5 nitrogen and oxygen atoms in total. The second-order valence-corrected chi connectivity index (χ2v) is 8.24. The number of fused-ring (bicyclic) bond motifs is 1. The van der Waals surface area contributed by atoms with Crippen molar-refractivity contribution >= 4 is 5.91 Å². The van der Waals surface area contributed by atoms with Gasteiger partial charge in [0.05, 0.1) is 18.2 Å². The van der Waals surface area contributed by atoms with Crippen molar-refractivity contribution in [2.75, 3.05) is 13.1 Å². The molecule has 1 heterocycles. The molecule has 23 heavy (non-hydrogen) atoms.